The second kappa shape index (κ2) is 4.64. The van der Waals surface area contributed by atoms with Gasteiger partial charge < -0.3 is 15.0 Å². The summed E-state index contributed by atoms with van der Waals surface area (Å²) in [5, 5.41) is 2.72. The fourth-order valence-corrected chi connectivity index (χ4v) is 2.47. The molecule has 2 heterocycles. The standard InChI is InChI=1S/C12H20N2O3/c1-12(2)11(16)14(8-10(15)13-12)7-9-3-5-17-6-4-9/h9H,3-8H2,1-2H3,(H,13,15). The Labute approximate surface area is 101 Å². The normalized spacial score (nSPS) is 25.9. The Morgan fingerprint density at radius 1 is 1.35 bits per heavy atom. The second-order valence-electron chi connectivity index (χ2n) is 5.41. The number of nitrogens with one attached hydrogen (secondary N) is 1. The number of nitrogens with zero attached hydrogens (tertiary/aromatic N) is 1. The van der Waals surface area contributed by atoms with E-state index in [1.165, 1.54) is 0 Å². The molecule has 0 unspecified atom stereocenters. The fraction of sp³-hybridized carbons (Fsp3) is 0.833. The molecule has 0 aromatic rings. The first kappa shape index (κ1) is 12.4. The molecule has 96 valence electrons. The van der Waals surface area contributed by atoms with Crippen LogP contribution >= 0.6 is 0 Å². The SMILES string of the molecule is CC1(C)NC(=O)CN(CC2CCOCC2)C1=O. The molecule has 0 aromatic heterocycles. The number of amides is 2. The predicted octanol–water partition coefficient (Wildman–Crippen LogP) is 0.150. The summed E-state index contributed by atoms with van der Waals surface area (Å²) in [6.07, 6.45) is 1.96. The highest BCUT2D eigenvalue weighted by molar-refractivity contribution is 5.97. The summed E-state index contributed by atoms with van der Waals surface area (Å²) in [4.78, 5) is 25.4. The van der Waals surface area contributed by atoms with Crippen molar-refractivity contribution < 1.29 is 14.3 Å². The molecular formula is C12H20N2O3. The highest BCUT2D eigenvalue weighted by atomic mass is 16.5. The van der Waals surface area contributed by atoms with E-state index in [9.17, 15) is 9.59 Å². The van der Waals surface area contributed by atoms with E-state index in [1.807, 2.05) is 0 Å². The maximum absolute atomic E-state index is 12.1. The third-order valence-corrected chi connectivity index (χ3v) is 3.43. The molecular weight excluding hydrogens is 220 g/mol. The maximum Gasteiger partial charge on any atom is 0.248 e. The van der Waals surface area contributed by atoms with E-state index >= 15 is 0 Å². The highest BCUT2D eigenvalue weighted by Crippen LogP contribution is 2.20. The first-order valence-electron chi connectivity index (χ1n) is 6.17. The molecule has 5 nitrogen and oxygen atoms in total. The topological polar surface area (TPSA) is 58.6 Å². The summed E-state index contributed by atoms with van der Waals surface area (Å²) in [5.74, 6) is 0.416. The van der Waals surface area contributed by atoms with Crippen LogP contribution in [-0.4, -0.2) is 48.6 Å². The van der Waals surface area contributed by atoms with Crippen molar-refractivity contribution in [3.05, 3.63) is 0 Å². The monoisotopic (exact) mass is 240 g/mol. The van der Waals surface area contributed by atoms with E-state index in [0.29, 0.717) is 12.5 Å². The summed E-state index contributed by atoms with van der Waals surface area (Å²) in [5.41, 5.74) is -0.763. The largest absolute Gasteiger partial charge is 0.381 e. The molecule has 2 saturated heterocycles. The number of piperazine rings is 1. The molecule has 0 saturated carbocycles. The van der Waals surface area contributed by atoms with Crippen LogP contribution in [0, 0.1) is 5.92 Å². The van der Waals surface area contributed by atoms with Crippen LogP contribution in [0.4, 0.5) is 0 Å². The van der Waals surface area contributed by atoms with Gasteiger partial charge in [-0.05, 0) is 32.6 Å². The van der Waals surface area contributed by atoms with Gasteiger partial charge in [0, 0.05) is 19.8 Å². The summed E-state index contributed by atoms with van der Waals surface area (Å²) in [7, 11) is 0. The van der Waals surface area contributed by atoms with E-state index < -0.39 is 5.54 Å². The van der Waals surface area contributed by atoms with E-state index in [-0.39, 0.29) is 18.4 Å². The van der Waals surface area contributed by atoms with Crippen molar-refractivity contribution in [3.8, 4) is 0 Å². The van der Waals surface area contributed by atoms with Crippen molar-refractivity contribution in [2.45, 2.75) is 32.2 Å². The van der Waals surface area contributed by atoms with Gasteiger partial charge in [-0.2, -0.15) is 0 Å². The Balaban J connectivity index is 1.98. The van der Waals surface area contributed by atoms with E-state index in [4.69, 9.17) is 4.74 Å². The summed E-state index contributed by atoms with van der Waals surface area (Å²) in [6.45, 7) is 5.91. The average Bonchev–Trinajstić information content (AvgIpc) is 2.26. The number of carbonyl (C=O) groups excluding carboxylic acids is 2. The molecule has 0 radical (unpaired) electrons. The van der Waals surface area contributed by atoms with Gasteiger partial charge in [-0.25, -0.2) is 0 Å². The molecule has 2 aliphatic heterocycles. The predicted molar refractivity (Wildman–Crippen MR) is 62.3 cm³/mol. The molecule has 0 bridgehead atoms. The molecule has 2 aliphatic rings. The molecule has 2 rings (SSSR count). The van der Waals surface area contributed by atoms with Crippen molar-refractivity contribution in [2.75, 3.05) is 26.3 Å². The number of hydrogen-bond acceptors (Lipinski definition) is 3. The molecule has 17 heavy (non-hydrogen) atoms. The van der Waals surface area contributed by atoms with Gasteiger partial charge in [0.2, 0.25) is 11.8 Å². The maximum atomic E-state index is 12.1. The van der Waals surface area contributed by atoms with Gasteiger partial charge in [0.15, 0.2) is 0 Å². The van der Waals surface area contributed by atoms with Crippen LogP contribution in [0.15, 0.2) is 0 Å². The first-order chi connectivity index (χ1) is 7.99. The summed E-state index contributed by atoms with van der Waals surface area (Å²) in [6, 6.07) is 0. The molecule has 2 fully saturated rings. The molecule has 0 aromatic carbocycles. The van der Waals surface area contributed by atoms with E-state index in [2.05, 4.69) is 5.32 Å². The lowest BCUT2D eigenvalue weighted by molar-refractivity contribution is -0.149. The number of ether oxygens (including phenoxy) is 1. The minimum atomic E-state index is -0.763. The number of carbonyl (C=O) groups is 2. The van der Waals surface area contributed by atoms with E-state index in [1.54, 1.807) is 18.7 Å². The van der Waals surface area contributed by atoms with Crippen LogP contribution in [0.25, 0.3) is 0 Å². The van der Waals surface area contributed by atoms with Crippen molar-refractivity contribution in [2.24, 2.45) is 5.92 Å². The Bertz CT molecular complexity index is 322. The van der Waals surface area contributed by atoms with Gasteiger partial charge in [0.1, 0.15) is 5.54 Å². The zero-order valence-electron chi connectivity index (χ0n) is 10.5. The third kappa shape index (κ3) is 2.77. The molecule has 0 atom stereocenters. The van der Waals surface area contributed by atoms with Crippen molar-refractivity contribution in [1.82, 2.24) is 10.2 Å². The zero-order valence-corrected chi connectivity index (χ0v) is 10.5. The molecule has 0 aliphatic carbocycles. The Morgan fingerprint density at radius 3 is 2.65 bits per heavy atom. The fourth-order valence-electron chi connectivity index (χ4n) is 2.47. The van der Waals surface area contributed by atoms with Gasteiger partial charge in [-0.1, -0.05) is 0 Å². The molecule has 5 heteroatoms. The lowest BCUT2D eigenvalue weighted by Gasteiger charge is -2.39. The third-order valence-electron chi connectivity index (χ3n) is 3.43. The smallest absolute Gasteiger partial charge is 0.248 e. The lowest BCUT2D eigenvalue weighted by Crippen LogP contribution is -2.64. The van der Waals surface area contributed by atoms with Crippen molar-refractivity contribution in [3.63, 3.8) is 0 Å². The van der Waals surface area contributed by atoms with Crippen LogP contribution in [0.3, 0.4) is 0 Å². The van der Waals surface area contributed by atoms with Crippen LogP contribution in [0.2, 0.25) is 0 Å². The van der Waals surface area contributed by atoms with Gasteiger partial charge in [0.25, 0.3) is 0 Å². The molecule has 2 amide bonds. The summed E-state index contributed by atoms with van der Waals surface area (Å²) < 4.78 is 5.30. The second-order valence-corrected chi connectivity index (χ2v) is 5.41. The average molecular weight is 240 g/mol. The zero-order chi connectivity index (χ0) is 12.5. The number of rotatable bonds is 2. The Morgan fingerprint density at radius 2 is 2.00 bits per heavy atom. The molecule has 1 N–H and O–H groups in total. The Hall–Kier alpha value is -1.10. The first-order valence-corrected chi connectivity index (χ1v) is 6.17. The van der Waals surface area contributed by atoms with Crippen LogP contribution in [0.5, 0.6) is 0 Å². The van der Waals surface area contributed by atoms with Crippen molar-refractivity contribution >= 4 is 11.8 Å². The summed E-state index contributed by atoms with van der Waals surface area (Å²) >= 11 is 0. The Kier molecular flexibility index (Phi) is 3.38. The molecule has 0 spiro atoms. The van der Waals surface area contributed by atoms with Crippen LogP contribution in [0.1, 0.15) is 26.7 Å². The van der Waals surface area contributed by atoms with Gasteiger partial charge in [-0.3, -0.25) is 9.59 Å². The highest BCUT2D eigenvalue weighted by Gasteiger charge is 2.39. The van der Waals surface area contributed by atoms with Gasteiger partial charge in [0.05, 0.1) is 6.54 Å². The van der Waals surface area contributed by atoms with Gasteiger partial charge >= 0.3 is 0 Å². The van der Waals surface area contributed by atoms with Crippen LogP contribution in [-0.2, 0) is 14.3 Å². The van der Waals surface area contributed by atoms with Crippen LogP contribution < -0.4 is 5.32 Å². The minimum absolute atomic E-state index is 0.0172. The van der Waals surface area contributed by atoms with E-state index in [0.717, 1.165) is 26.1 Å². The quantitative estimate of drug-likeness (QED) is 0.747. The lowest BCUT2D eigenvalue weighted by atomic mass is 9.96. The van der Waals surface area contributed by atoms with Crippen molar-refractivity contribution in [1.29, 1.82) is 0 Å². The number of hydrogen-bond donors (Lipinski definition) is 1. The van der Waals surface area contributed by atoms with Gasteiger partial charge in [-0.15, -0.1) is 0 Å². The minimum Gasteiger partial charge on any atom is -0.381 e.